The number of ether oxygens (including phenoxy) is 1. The number of pyridine rings is 1. The largest absolute Gasteiger partial charge is 0.496 e. The number of hydrogen-bond acceptors (Lipinski definition) is 2. The number of imidazole rings is 1. The molecule has 0 aliphatic heterocycles. The Hall–Kier alpha value is -2.00. The molecule has 0 saturated heterocycles. The molecule has 4 heteroatoms. The Morgan fingerprint density at radius 3 is 2.67 bits per heavy atom. The molecule has 0 bridgehead atoms. The fourth-order valence-electron chi connectivity index (χ4n) is 2.45. The van der Waals surface area contributed by atoms with E-state index in [-0.39, 0.29) is 0 Å². The van der Waals surface area contributed by atoms with Gasteiger partial charge in [0.1, 0.15) is 11.4 Å². The third-order valence-corrected chi connectivity index (χ3v) is 3.79. The monoisotopic (exact) mass is 300 g/mol. The Morgan fingerprint density at radius 2 is 1.95 bits per heavy atom. The van der Waals surface area contributed by atoms with Crippen LogP contribution in [0.2, 0.25) is 5.02 Å². The van der Waals surface area contributed by atoms with Gasteiger partial charge in [-0.1, -0.05) is 25.4 Å². The van der Waals surface area contributed by atoms with Crippen LogP contribution in [0, 0.1) is 0 Å². The zero-order valence-electron chi connectivity index (χ0n) is 12.3. The summed E-state index contributed by atoms with van der Waals surface area (Å²) in [6.45, 7) is 4.32. The van der Waals surface area contributed by atoms with E-state index < -0.39 is 0 Å². The molecule has 0 amide bonds. The molecule has 0 spiro atoms. The zero-order valence-corrected chi connectivity index (χ0v) is 13.1. The van der Waals surface area contributed by atoms with Crippen LogP contribution in [-0.2, 0) is 0 Å². The molecule has 3 nitrogen and oxygen atoms in total. The quantitative estimate of drug-likeness (QED) is 0.695. The summed E-state index contributed by atoms with van der Waals surface area (Å²) in [5.74, 6) is 1.31. The van der Waals surface area contributed by atoms with E-state index >= 15 is 0 Å². The maximum Gasteiger partial charge on any atom is 0.137 e. The van der Waals surface area contributed by atoms with Crippen molar-refractivity contribution in [3.63, 3.8) is 0 Å². The number of fused-ring (bicyclic) bond motifs is 1. The van der Waals surface area contributed by atoms with E-state index in [4.69, 9.17) is 16.3 Å². The molecule has 0 aliphatic carbocycles. The van der Waals surface area contributed by atoms with Crippen molar-refractivity contribution < 1.29 is 4.74 Å². The maximum atomic E-state index is 6.02. The van der Waals surface area contributed by atoms with Gasteiger partial charge in [0, 0.05) is 18.0 Å². The Balaban J connectivity index is 2.11. The fraction of sp³-hybridized carbons (Fsp3) is 0.235. The van der Waals surface area contributed by atoms with Crippen molar-refractivity contribution in [1.82, 2.24) is 9.38 Å². The maximum absolute atomic E-state index is 6.02. The fourth-order valence-corrected chi connectivity index (χ4v) is 2.62. The van der Waals surface area contributed by atoms with Gasteiger partial charge in [0.2, 0.25) is 0 Å². The summed E-state index contributed by atoms with van der Waals surface area (Å²) in [6.07, 6.45) is 3.85. The number of aromatic nitrogens is 2. The van der Waals surface area contributed by atoms with Gasteiger partial charge in [-0.3, -0.25) is 0 Å². The highest BCUT2D eigenvalue weighted by atomic mass is 35.5. The van der Waals surface area contributed by atoms with Crippen LogP contribution in [0.1, 0.15) is 25.3 Å². The summed E-state index contributed by atoms with van der Waals surface area (Å²) in [6, 6.07) is 9.95. The minimum absolute atomic E-state index is 0.395. The molecule has 0 radical (unpaired) electrons. The Morgan fingerprint density at radius 1 is 1.14 bits per heavy atom. The first-order valence-corrected chi connectivity index (χ1v) is 7.29. The predicted molar refractivity (Wildman–Crippen MR) is 86.3 cm³/mol. The predicted octanol–water partition coefficient (Wildman–Crippen LogP) is 4.79. The number of benzene rings is 1. The summed E-state index contributed by atoms with van der Waals surface area (Å²) in [5.41, 5.74) is 4.09. The Kier molecular flexibility index (Phi) is 3.60. The lowest BCUT2D eigenvalue weighted by Crippen LogP contribution is -1.94. The third kappa shape index (κ3) is 2.61. The van der Waals surface area contributed by atoms with Crippen LogP contribution in [-0.4, -0.2) is 16.5 Å². The molecule has 2 aromatic heterocycles. The highest BCUT2D eigenvalue weighted by Crippen LogP contribution is 2.31. The lowest BCUT2D eigenvalue weighted by Gasteiger charge is -2.12. The summed E-state index contributed by atoms with van der Waals surface area (Å²) < 4.78 is 7.37. The first-order chi connectivity index (χ1) is 10.1. The third-order valence-electron chi connectivity index (χ3n) is 3.56. The molecule has 2 heterocycles. The molecular formula is C17H17ClN2O. The van der Waals surface area contributed by atoms with Crippen molar-refractivity contribution in [3.8, 4) is 17.0 Å². The van der Waals surface area contributed by atoms with Crippen LogP contribution in [0.3, 0.4) is 0 Å². The lowest BCUT2D eigenvalue weighted by atomic mass is 9.98. The van der Waals surface area contributed by atoms with E-state index in [9.17, 15) is 0 Å². The topological polar surface area (TPSA) is 26.5 Å². The summed E-state index contributed by atoms with van der Waals surface area (Å²) in [7, 11) is 1.70. The van der Waals surface area contributed by atoms with Gasteiger partial charge in [-0.2, -0.15) is 0 Å². The van der Waals surface area contributed by atoms with E-state index in [1.54, 1.807) is 7.11 Å². The van der Waals surface area contributed by atoms with E-state index in [0.717, 1.165) is 22.7 Å². The van der Waals surface area contributed by atoms with Crippen molar-refractivity contribution in [2.75, 3.05) is 7.11 Å². The minimum Gasteiger partial charge on any atom is -0.496 e. The molecule has 0 unspecified atom stereocenters. The molecule has 108 valence electrons. The van der Waals surface area contributed by atoms with Crippen LogP contribution < -0.4 is 4.74 Å². The molecule has 0 fully saturated rings. The van der Waals surface area contributed by atoms with Crippen LogP contribution in [0.25, 0.3) is 16.9 Å². The van der Waals surface area contributed by atoms with Crippen molar-refractivity contribution in [2.45, 2.75) is 19.8 Å². The van der Waals surface area contributed by atoms with Gasteiger partial charge in [0.05, 0.1) is 17.8 Å². The average molecular weight is 301 g/mol. The number of hydrogen-bond donors (Lipinski definition) is 0. The van der Waals surface area contributed by atoms with Crippen molar-refractivity contribution in [3.05, 3.63) is 53.3 Å². The standard InChI is InChI=1S/C17H17ClN2O/c1-11(2)14-8-12(4-6-16(14)21-3)15-10-20-9-13(18)5-7-17(20)19-15/h4-11H,1-3H3. The Bertz CT molecular complexity index is 793. The second-order valence-electron chi connectivity index (χ2n) is 5.35. The van der Waals surface area contributed by atoms with E-state index in [0.29, 0.717) is 10.9 Å². The summed E-state index contributed by atoms with van der Waals surface area (Å²) in [4.78, 5) is 4.64. The molecule has 3 aromatic rings. The second-order valence-corrected chi connectivity index (χ2v) is 5.79. The SMILES string of the molecule is COc1ccc(-c2cn3cc(Cl)ccc3n2)cc1C(C)C. The van der Waals surface area contributed by atoms with Gasteiger partial charge < -0.3 is 9.14 Å². The van der Waals surface area contributed by atoms with E-state index in [1.165, 1.54) is 5.56 Å². The van der Waals surface area contributed by atoms with Crippen molar-refractivity contribution >= 4 is 17.2 Å². The van der Waals surface area contributed by atoms with Crippen LogP contribution in [0.5, 0.6) is 5.75 Å². The molecule has 0 N–H and O–H groups in total. The van der Waals surface area contributed by atoms with Gasteiger partial charge >= 0.3 is 0 Å². The molecule has 0 aliphatic rings. The number of nitrogens with zero attached hydrogens (tertiary/aromatic N) is 2. The number of methoxy groups -OCH3 is 1. The van der Waals surface area contributed by atoms with Crippen LogP contribution in [0.4, 0.5) is 0 Å². The number of halogens is 1. The van der Waals surface area contributed by atoms with Gasteiger partial charge in [0.15, 0.2) is 0 Å². The van der Waals surface area contributed by atoms with E-state index in [1.807, 2.05) is 41.1 Å². The Labute approximate surface area is 129 Å². The van der Waals surface area contributed by atoms with E-state index in [2.05, 4.69) is 24.9 Å². The van der Waals surface area contributed by atoms with Crippen molar-refractivity contribution in [2.24, 2.45) is 0 Å². The molecule has 3 rings (SSSR count). The zero-order chi connectivity index (χ0) is 15.0. The van der Waals surface area contributed by atoms with Crippen LogP contribution >= 0.6 is 11.6 Å². The van der Waals surface area contributed by atoms with Gasteiger partial charge in [-0.25, -0.2) is 4.98 Å². The van der Waals surface area contributed by atoms with Gasteiger partial charge in [-0.05, 0) is 41.8 Å². The molecular weight excluding hydrogens is 284 g/mol. The second kappa shape index (κ2) is 5.41. The van der Waals surface area contributed by atoms with Crippen molar-refractivity contribution in [1.29, 1.82) is 0 Å². The molecule has 0 saturated carbocycles. The average Bonchev–Trinajstić information content (AvgIpc) is 2.89. The summed E-state index contributed by atoms with van der Waals surface area (Å²) in [5, 5.41) is 0.698. The highest BCUT2D eigenvalue weighted by molar-refractivity contribution is 6.30. The molecule has 1 aromatic carbocycles. The van der Waals surface area contributed by atoms with Gasteiger partial charge in [-0.15, -0.1) is 0 Å². The number of rotatable bonds is 3. The smallest absolute Gasteiger partial charge is 0.137 e. The molecule has 21 heavy (non-hydrogen) atoms. The van der Waals surface area contributed by atoms with Crippen LogP contribution in [0.15, 0.2) is 42.7 Å². The normalized spacial score (nSPS) is 11.3. The highest BCUT2D eigenvalue weighted by Gasteiger charge is 2.11. The molecule has 0 atom stereocenters. The first-order valence-electron chi connectivity index (χ1n) is 6.91. The minimum atomic E-state index is 0.395. The summed E-state index contributed by atoms with van der Waals surface area (Å²) >= 11 is 6.02. The first kappa shape index (κ1) is 14.0. The van der Waals surface area contributed by atoms with Gasteiger partial charge in [0.25, 0.3) is 0 Å². The lowest BCUT2D eigenvalue weighted by molar-refractivity contribution is 0.407.